The normalized spacial score (nSPS) is 28.4. The number of sulfonamides is 1. The van der Waals surface area contributed by atoms with Crippen LogP contribution in [0.4, 0.5) is 0 Å². The van der Waals surface area contributed by atoms with Crippen LogP contribution in [-0.4, -0.2) is 53.5 Å². The van der Waals surface area contributed by atoms with Crippen molar-refractivity contribution < 1.29 is 16.8 Å². The zero-order valence-electron chi connectivity index (χ0n) is 10.7. The van der Waals surface area contributed by atoms with Crippen molar-refractivity contribution in [1.29, 1.82) is 0 Å². The van der Waals surface area contributed by atoms with E-state index < -0.39 is 31.2 Å². The molecule has 0 aliphatic carbocycles. The molecule has 2 fully saturated rings. The van der Waals surface area contributed by atoms with Gasteiger partial charge in [0.25, 0.3) is 0 Å². The predicted molar refractivity (Wildman–Crippen MR) is 77.3 cm³/mol. The van der Waals surface area contributed by atoms with E-state index in [1.165, 1.54) is 10.4 Å². The minimum Gasteiger partial charge on any atom is -0.228 e. The number of hydrogen-bond acceptors (Lipinski definition) is 7. The van der Waals surface area contributed by atoms with Gasteiger partial charge in [0, 0.05) is 12.6 Å². The van der Waals surface area contributed by atoms with Gasteiger partial charge in [-0.25, -0.2) is 16.8 Å². The van der Waals surface area contributed by atoms with Gasteiger partial charge in [0.15, 0.2) is 9.84 Å². The van der Waals surface area contributed by atoms with E-state index in [9.17, 15) is 16.8 Å². The van der Waals surface area contributed by atoms with Gasteiger partial charge < -0.3 is 0 Å². The summed E-state index contributed by atoms with van der Waals surface area (Å²) in [5, 5.41) is -0.565. The van der Waals surface area contributed by atoms with E-state index in [1.54, 1.807) is 12.1 Å². The summed E-state index contributed by atoms with van der Waals surface area (Å²) in [5.41, 5.74) is 0.895. The second-order valence-electron chi connectivity index (χ2n) is 5.30. The van der Waals surface area contributed by atoms with E-state index in [1.807, 2.05) is 0 Å². The zero-order valence-corrected chi connectivity index (χ0v) is 13.2. The van der Waals surface area contributed by atoms with E-state index >= 15 is 0 Å². The van der Waals surface area contributed by atoms with Gasteiger partial charge in [-0.15, -0.1) is 0 Å². The molecular weight excluding hydrogens is 334 g/mol. The van der Waals surface area contributed by atoms with Gasteiger partial charge in [0.2, 0.25) is 10.0 Å². The second kappa shape index (κ2) is 4.22. The average molecular weight is 345 g/mol. The second-order valence-corrected chi connectivity index (χ2v) is 10.0. The molecule has 0 N–H and O–H groups in total. The van der Waals surface area contributed by atoms with E-state index in [-0.39, 0.29) is 17.2 Å². The standard InChI is InChI=1S/C11H11N3O4S3/c15-20(16)6-7-4-8(20)5-14(7)21(17,18)10-3-1-2-9-11(10)13-19-12-9/h1-3,7-8H,4-6H2/t7-,8+/m1/s1. The van der Waals surface area contributed by atoms with Crippen LogP contribution in [0.3, 0.4) is 0 Å². The van der Waals surface area contributed by atoms with Gasteiger partial charge in [0.1, 0.15) is 15.9 Å². The van der Waals surface area contributed by atoms with Crippen LogP contribution in [0.2, 0.25) is 0 Å². The molecule has 2 aromatic rings. The molecular formula is C11H11N3O4S3. The van der Waals surface area contributed by atoms with Crippen molar-refractivity contribution in [1.82, 2.24) is 13.1 Å². The van der Waals surface area contributed by atoms with Crippen molar-refractivity contribution in [3.8, 4) is 0 Å². The lowest BCUT2D eigenvalue weighted by atomic mass is 10.3. The molecule has 1 aromatic carbocycles. The van der Waals surface area contributed by atoms with Gasteiger partial charge in [-0.2, -0.15) is 13.1 Å². The summed E-state index contributed by atoms with van der Waals surface area (Å²) in [5.74, 6) is -0.0812. The number of nitrogens with zero attached hydrogens (tertiary/aromatic N) is 3. The SMILES string of the molecule is O=S1(=O)C[C@H]2C[C@H]1CN2S(=O)(=O)c1cccc2nsnc12. The summed E-state index contributed by atoms with van der Waals surface area (Å²) in [7, 11) is -6.87. The zero-order chi connectivity index (χ0) is 14.8. The molecule has 0 spiro atoms. The molecule has 2 bridgehead atoms. The highest BCUT2D eigenvalue weighted by Crippen LogP contribution is 2.37. The van der Waals surface area contributed by atoms with Crippen LogP contribution in [0.5, 0.6) is 0 Å². The Hall–Kier alpha value is -1.10. The lowest BCUT2D eigenvalue weighted by Gasteiger charge is -2.26. The first-order valence-electron chi connectivity index (χ1n) is 6.34. The fourth-order valence-electron chi connectivity index (χ4n) is 3.07. The third kappa shape index (κ3) is 1.86. The maximum Gasteiger partial charge on any atom is 0.245 e. The highest BCUT2D eigenvalue weighted by molar-refractivity contribution is 7.93. The first-order valence-corrected chi connectivity index (χ1v) is 10.2. The molecule has 2 atom stereocenters. The molecule has 0 saturated carbocycles. The fourth-order valence-corrected chi connectivity index (χ4v) is 7.72. The average Bonchev–Trinajstić information content (AvgIpc) is 3.08. The summed E-state index contributed by atoms with van der Waals surface area (Å²) in [6.07, 6.45) is 0.396. The van der Waals surface area contributed by atoms with Crippen molar-refractivity contribution in [2.45, 2.75) is 22.6 Å². The van der Waals surface area contributed by atoms with Crippen molar-refractivity contribution in [2.24, 2.45) is 0 Å². The minimum absolute atomic E-state index is 0.0449. The Balaban J connectivity index is 1.81. The molecule has 0 amide bonds. The van der Waals surface area contributed by atoms with Gasteiger partial charge in [-0.1, -0.05) is 6.07 Å². The largest absolute Gasteiger partial charge is 0.245 e. The Morgan fingerprint density at radius 3 is 2.76 bits per heavy atom. The highest BCUT2D eigenvalue weighted by Gasteiger charge is 2.52. The van der Waals surface area contributed by atoms with Crippen LogP contribution in [0, 0.1) is 0 Å². The lowest BCUT2D eigenvalue weighted by Crippen LogP contribution is -2.44. The third-order valence-electron chi connectivity index (χ3n) is 4.09. The number of rotatable bonds is 2. The Labute approximate surface area is 125 Å². The molecule has 2 aliphatic heterocycles. The van der Waals surface area contributed by atoms with E-state index in [4.69, 9.17) is 0 Å². The molecule has 4 rings (SSSR count). The predicted octanol–water partition coefficient (Wildman–Crippen LogP) is 0.251. The third-order valence-corrected chi connectivity index (χ3v) is 8.79. The molecule has 21 heavy (non-hydrogen) atoms. The van der Waals surface area contributed by atoms with E-state index in [0.717, 1.165) is 11.7 Å². The first-order chi connectivity index (χ1) is 9.89. The number of hydrogen-bond donors (Lipinski definition) is 0. The summed E-state index contributed by atoms with van der Waals surface area (Å²) in [4.78, 5) is 0.110. The maximum absolute atomic E-state index is 12.8. The highest BCUT2D eigenvalue weighted by atomic mass is 32.2. The molecule has 0 unspecified atom stereocenters. The molecule has 0 radical (unpaired) electrons. The van der Waals surface area contributed by atoms with Crippen molar-refractivity contribution >= 4 is 42.6 Å². The van der Waals surface area contributed by atoms with Crippen LogP contribution < -0.4 is 0 Å². The summed E-state index contributed by atoms with van der Waals surface area (Å²) >= 11 is 0.962. The van der Waals surface area contributed by atoms with Crippen LogP contribution in [0.15, 0.2) is 23.1 Å². The van der Waals surface area contributed by atoms with Crippen molar-refractivity contribution in [3.05, 3.63) is 18.2 Å². The minimum atomic E-state index is -3.74. The van der Waals surface area contributed by atoms with Crippen LogP contribution >= 0.6 is 11.7 Å². The van der Waals surface area contributed by atoms with E-state index in [2.05, 4.69) is 8.75 Å². The molecule has 112 valence electrons. The molecule has 10 heteroatoms. The Kier molecular flexibility index (Phi) is 2.72. The summed E-state index contributed by atoms with van der Waals surface area (Å²) in [6, 6.07) is 4.38. The van der Waals surface area contributed by atoms with Gasteiger partial charge in [-0.3, -0.25) is 0 Å². The van der Waals surface area contributed by atoms with Crippen LogP contribution in [-0.2, 0) is 19.9 Å². The quantitative estimate of drug-likeness (QED) is 0.774. The van der Waals surface area contributed by atoms with Gasteiger partial charge in [0.05, 0.1) is 22.7 Å². The van der Waals surface area contributed by atoms with Crippen LogP contribution in [0.25, 0.3) is 11.0 Å². The van der Waals surface area contributed by atoms with Gasteiger partial charge >= 0.3 is 0 Å². The number of fused-ring (bicyclic) bond motifs is 3. The van der Waals surface area contributed by atoms with Crippen molar-refractivity contribution in [2.75, 3.05) is 12.3 Å². The summed E-state index contributed by atoms with van der Waals surface area (Å²) < 4.78 is 58.6. The molecule has 2 aliphatic rings. The Morgan fingerprint density at radius 2 is 2.10 bits per heavy atom. The number of sulfone groups is 1. The molecule has 3 heterocycles. The Morgan fingerprint density at radius 1 is 1.29 bits per heavy atom. The molecule has 2 saturated heterocycles. The monoisotopic (exact) mass is 345 g/mol. The van der Waals surface area contributed by atoms with Crippen molar-refractivity contribution in [3.63, 3.8) is 0 Å². The lowest BCUT2D eigenvalue weighted by molar-refractivity contribution is 0.403. The van der Waals surface area contributed by atoms with E-state index in [0.29, 0.717) is 17.5 Å². The number of aromatic nitrogens is 2. The molecule has 1 aromatic heterocycles. The molecule has 7 nitrogen and oxygen atoms in total. The summed E-state index contributed by atoms with van der Waals surface area (Å²) in [6.45, 7) is 0.0449. The topological polar surface area (TPSA) is 97.3 Å². The smallest absolute Gasteiger partial charge is 0.228 e. The Bertz CT molecular complexity index is 935. The fraction of sp³-hybridized carbons (Fsp3) is 0.455. The number of benzene rings is 1. The first kappa shape index (κ1) is 13.6. The van der Waals surface area contributed by atoms with Crippen LogP contribution in [0.1, 0.15) is 6.42 Å². The van der Waals surface area contributed by atoms with Gasteiger partial charge in [-0.05, 0) is 18.6 Å². The maximum atomic E-state index is 12.8.